The number of benzene rings is 7. The van der Waals surface area contributed by atoms with Crippen molar-refractivity contribution in [2.75, 3.05) is 36.7 Å². The number of aldehydes is 1. The highest BCUT2D eigenvalue weighted by Crippen LogP contribution is 2.47. The van der Waals surface area contributed by atoms with Crippen molar-refractivity contribution in [3.63, 3.8) is 0 Å². The average Bonchev–Trinajstić information content (AvgIpc) is 1.65. The lowest BCUT2D eigenvalue weighted by Gasteiger charge is -2.29. The summed E-state index contributed by atoms with van der Waals surface area (Å²) in [7, 11) is -3.38. The lowest BCUT2D eigenvalue weighted by molar-refractivity contribution is -0.112. The van der Waals surface area contributed by atoms with Crippen LogP contribution in [0, 0.1) is 34.6 Å². The molecular formula is C87H103Br9ClN5O5S. The van der Waals surface area contributed by atoms with Gasteiger partial charge in [-0.2, -0.15) is 18.9 Å². The van der Waals surface area contributed by atoms with Crippen LogP contribution in [-0.2, 0) is 58.0 Å². The molecule has 0 bridgehead atoms. The van der Waals surface area contributed by atoms with E-state index in [0.717, 1.165) is 137 Å². The van der Waals surface area contributed by atoms with Crippen LogP contribution in [0.3, 0.4) is 0 Å². The van der Waals surface area contributed by atoms with Gasteiger partial charge in [0.05, 0.1) is 60.1 Å². The second kappa shape index (κ2) is 48.8. The van der Waals surface area contributed by atoms with Crippen molar-refractivity contribution in [1.29, 1.82) is 15.9 Å². The molecular weight excluding hydrogens is 1980 g/mol. The van der Waals surface area contributed by atoms with Crippen LogP contribution >= 0.6 is 156 Å². The van der Waals surface area contributed by atoms with Crippen molar-refractivity contribution in [2.24, 2.45) is 5.73 Å². The molecule has 13 rings (SSSR count). The van der Waals surface area contributed by atoms with Crippen LogP contribution in [0.25, 0.3) is 4.85 Å². The van der Waals surface area contributed by atoms with Gasteiger partial charge in [-0.15, -0.1) is 12.4 Å². The number of nitrogens with two attached hydrogens (primary N) is 1. The smallest absolute Gasteiger partial charge is 0.264 e. The van der Waals surface area contributed by atoms with E-state index >= 15 is 0 Å². The van der Waals surface area contributed by atoms with Gasteiger partial charge in [0.2, 0.25) is 6.54 Å². The Balaban J connectivity index is 0.000000224. The van der Waals surface area contributed by atoms with E-state index in [-0.39, 0.29) is 58.1 Å². The van der Waals surface area contributed by atoms with Crippen molar-refractivity contribution in [3.05, 3.63) is 252 Å². The summed E-state index contributed by atoms with van der Waals surface area (Å²) in [5.74, 6) is 0.310. The summed E-state index contributed by atoms with van der Waals surface area (Å²) in [4.78, 5) is 14.8. The molecule has 21 heteroatoms. The van der Waals surface area contributed by atoms with Gasteiger partial charge < -0.3 is 20.5 Å². The van der Waals surface area contributed by atoms with Crippen molar-refractivity contribution in [3.8, 4) is 12.1 Å². The van der Waals surface area contributed by atoms with E-state index in [1.807, 2.05) is 60.7 Å². The SMILES string of the molecule is BrCCCCBr.CS(=O)(=O)OCC1(c2ccc(Br)cc2)CCCC1.Cl.N#CC1(c2ccc(Br)cc2)CCCC1.N#CCc1ccc(Br)cc1.N=C(N)CC1(c2ccc(Br)cc2)CCCC1.O=CC1(c2ccc(Br)cc2)CCCC1.OCC1(c2ccc(Br)cc2)CCCC1.[C-]#[N+]CC1(c2ccc(Br)cc2)CCCC1. The second-order valence-electron chi connectivity index (χ2n) is 29.1. The van der Waals surface area contributed by atoms with E-state index in [4.69, 9.17) is 27.2 Å². The molecule has 0 spiro atoms. The van der Waals surface area contributed by atoms with E-state index < -0.39 is 10.1 Å². The molecule has 6 aliphatic carbocycles. The minimum Gasteiger partial charge on any atom is -0.395 e. The van der Waals surface area contributed by atoms with Crippen molar-refractivity contribution >= 4 is 178 Å². The molecule has 0 unspecified atom stereocenters. The van der Waals surface area contributed by atoms with Crippen LogP contribution in [0.2, 0.25) is 0 Å². The Morgan fingerprint density at radius 2 is 0.787 bits per heavy atom. The first-order valence-electron chi connectivity index (χ1n) is 37.1. The summed E-state index contributed by atoms with van der Waals surface area (Å²) in [6, 6.07) is 62.1. The maximum atomic E-state index is 11.2. The van der Waals surface area contributed by atoms with Crippen LogP contribution in [0.5, 0.6) is 0 Å². The number of rotatable bonds is 18. The fourth-order valence-electron chi connectivity index (χ4n) is 15.7. The second-order valence-corrected chi connectivity index (χ2v) is 38.7. The monoisotopic (exact) mass is 2080 g/mol. The maximum absolute atomic E-state index is 11.2. The first-order chi connectivity index (χ1) is 51.3. The Morgan fingerprint density at radius 1 is 0.491 bits per heavy atom. The summed E-state index contributed by atoms with van der Waals surface area (Å²) < 4.78 is 35.0. The third-order valence-electron chi connectivity index (χ3n) is 21.8. The highest BCUT2D eigenvalue weighted by atomic mass is 79.9. The zero-order valence-electron chi connectivity index (χ0n) is 61.8. The summed E-state index contributed by atoms with van der Waals surface area (Å²) in [6.07, 6.45) is 33.5. The molecule has 0 amide bonds. The van der Waals surface area contributed by atoms with Gasteiger partial charge in [0.15, 0.2) is 0 Å². The van der Waals surface area contributed by atoms with Gasteiger partial charge in [-0.25, -0.2) is 6.57 Å². The number of alkyl halides is 2. The number of nitrogens with zero attached hydrogens (tertiary/aromatic N) is 3. The van der Waals surface area contributed by atoms with E-state index in [9.17, 15) is 23.6 Å². The van der Waals surface area contributed by atoms with Crippen LogP contribution < -0.4 is 5.73 Å². The van der Waals surface area contributed by atoms with Gasteiger partial charge in [0, 0.05) is 64.6 Å². The topological polar surface area (TPSA) is 182 Å². The molecule has 0 atom stereocenters. The number of aliphatic hydroxyl groups is 1. The molecule has 582 valence electrons. The number of carbonyl (C=O) groups is 1. The van der Waals surface area contributed by atoms with Crippen LogP contribution in [0.15, 0.2) is 201 Å². The molecule has 6 aliphatic rings. The van der Waals surface area contributed by atoms with Crippen molar-refractivity contribution < 1.29 is 22.5 Å². The Morgan fingerprint density at radius 3 is 1.11 bits per heavy atom. The number of hydrogen-bond acceptors (Lipinski definition) is 8. The van der Waals surface area contributed by atoms with Crippen molar-refractivity contribution in [1.82, 2.24) is 0 Å². The van der Waals surface area contributed by atoms with Gasteiger partial charge in [-0.1, -0.05) is 305 Å². The number of unbranched alkanes of at least 4 members (excludes halogenated alkanes) is 1. The molecule has 108 heavy (non-hydrogen) atoms. The number of halogens is 10. The maximum Gasteiger partial charge on any atom is 0.264 e. The van der Waals surface area contributed by atoms with E-state index in [1.165, 1.54) is 123 Å². The van der Waals surface area contributed by atoms with Crippen LogP contribution in [0.1, 0.15) is 212 Å². The molecule has 7 aromatic carbocycles. The molecule has 0 aromatic heterocycles. The number of hydrogen-bond donors (Lipinski definition) is 3. The van der Waals surface area contributed by atoms with Gasteiger partial charge in [0.1, 0.15) is 6.29 Å². The molecule has 0 saturated heterocycles. The predicted octanol–water partition coefficient (Wildman–Crippen LogP) is 27.0. The largest absolute Gasteiger partial charge is 0.395 e. The first-order valence-corrected chi connectivity index (χ1v) is 46.7. The molecule has 6 fully saturated rings. The Kier molecular flexibility index (Phi) is 43.0. The van der Waals surface area contributed by atoms with Crippen LogP contribution in [0.4, 0.5) is 0 Å². The molecule has 0 aliphatic heterocycles. The standard InChI is InChI=1S/C13H17BrN2.C13H14BrN.C13H17BrO3S.C12H12BrN.C12H15BrO.C12H13BrO.C8H6BrN.C4H8Br2.ClH/c14-11-5-3-10(4-6-11)13(9-12(15)16)7-1-2-8-13;1-15-10-13(8-2-3-9-13)11-4-6-12(14)7-5-11;1-18(15,16)17-10-13(8-2-3-9-13)11-4-6-12(14)7-5-11;3*13-11-5-3-10(4-6-11)12(9-14)7-1-2-8-12;9-8-3-1-7(2-4-8)5-6-10;5-3-1-2-4-6;/h3-6H,1-2,7-9H2,(H3,15,16);4-7H,2-3,8-10H2;4-7H,2-3,8-10H2,1H3;3-6H,1-2,7-8H2;3-6,14H,1-2,7-9H2;3-6,9H,1-2,7-8H2;1-4H,5H2;1-4H2;1H. The van der Waals surface area contributed by atoms with Gasteiger partial charge in [-0.3, -0.25) is 9.59 Å². The molecule has 0 heterocycles. The fraction of sp³-hybridized carbons (Fsp3) is 0.460. The zero-order valence-corrected chi connectivity index (χ0v) is 77.7. The molecule has 10 nitrogen and oxygen atoms in total. The summed E-state index contributed by atoms with van der Waals surface area (Å²) >= 11 is 30.5. The molecule has 6 saturated carbocycles. The lowest BCUT2D eigenvalue weighted by atomic mass is 9.76. The third kappa shape index (κ3) is 30.1. The van der Waals surface area contributed by atoms with Gasteiger partial charge >= 0.3 is 0 Å². The Bertz CT molecular complexity index is 4020. The number of aliphatic hydroxyl groups excluding tert-OH is 1. The quantitative estimate of drug-likeness (QED) is 0.0144. The number of nitrogens with one attached hydrogen (secondary N) is 1. The summed E-state index contributed by atoms with van der Waals surface area (Å²) in [6.45, 7) is 8.29. The minimum absolute atomic E-state index is 0. The number of carbonyl (C=O) groups excluding carboxylic acids is 1. The number of nitriles is 2. The van der Waals surface area contributed by atoms with Gasteiger partial charge in [0.25, 0.3) is 10.1 Å². The predicted molar refractivity (Wildman–Crippen MR) is 481 cm³/mol. The Hall–Kier alpha value is -3.37. The van der Waals surface area contributed by atoms with Crippen molar-refractivity contribution in [2.45, 2.75) is 212 Å². The highest BCUT2D eigenvalue weighted by Gasteiger charge is 2.41. The highest BCUT2D eigenvalue weighted by molar-refractivity contribution is 9.11. The van der Waals surface area contributed by atoms with E-state index in [2.05, 4.69) is 270 Å². The molecule has 0 radical (unpaired) electrons. The lowest BCUT2D eigenvalue weighted by Crippen LogP contribution is -2.29. The van der Waals surface area contributed by atoms with E-state index in [1.54, 1.807) is 0 Å². The zero-order chi connectivity index (χ0) is 77.8. The summed E-state index contributed by atoms with van der Waals surface area (Å²) in [5.41, 5.74) is 14.0. The normalized spacial score (nSPS) is 17.4. The molecule has 4 N–H and O–H groups in total. The van der Waals surface area contributed by atoms with E-state index in [0.29, 0.717) is 25.2 Å². The Labute approximate surface area is 726 Å². The van der Waals surface area contributed by atoms with Crippen LogP contribution in [-0.4, -0.2) is 62.3 Å². The third-order valence-corrected chi connectivity index (χ3v) is 27.1. The summed E-state index contributed by atoms with van der Waals surface area (Å²) in [5, 5.41) is 37.0. The van der Waals surface area contributed by atoms with Gasteiger partial charge in [-0.05, 0) is 214 Å². The first kappa shape index (κ1) is 95.2. The average molecular weight is 2090 g/mol. The number of amidine groups is 1. The molecule has 7 aromatic rings. The fourth-order valence-corrected chi connectivity index (χ4v) is 18.8. The minimum atomic E-state index is -3.38.